The van der Waals surface area contributed by atoms with Crippen molar-refractivity contribution >= 4 is 34.5 Å². The summed E-state index contributed by atoms with van der Waals surface area (Å²) in [4.78, 5) is 32.4. The smallest absolute Gasteiger partial charge is 0.252 e. The zero-order chi connectivity index (χ0) is 22.9. The van der Waals surface area contributed by atoms with E-state index in [2.05, 4.69) is 39.1 Å². The molecule has 3 aromatic rings. The number of carbonyl (C=O) groups excluding carboxylic acids is 2. The molecule has 0 bridgehead atoms. The summed E-state index contributed by atoms with van der Waals surface area (Å²) in [6.45, 7) is 4.76. The first-order chi connectivity index (χ1) is 15.4. The Balaban J connectivity index is 1.58. The molecule has 1 atom stereocenters. The Morgan fingerprint density at radius 1 is 1.12 bits per heavy atom. The number of nitrogens with one attached hydrogen (secondary N) is 2. The number of aromatic nitrogens is 1. The molecule has 0 aliphatic heterocycles. The maximum absolute atomic E-state index is 12.6. The molecule has 0 spiro atoms. The summed E-state index contributed by atoms with van der Waals surface area (Å²) in [6, 6.07) is 12.1. The van der Waals surface area contributed by atoms with Crippen molar-refractivity contribution in [2.75, 3.05) is 13.7 Å². The lowest BCUT2D eigenvalue weighted by molar-refractivity contribution is -0.129. The molecule has 0 aliphatic rings. The van der Waals surface area contributed by atoms with Gasteiger partial charge in [-0.25, -0.2) is 4.98 Å². The Hall–Kier alpha value is -2.75. The number of methoxy groups -OCH3 is 1. The van der Waals surface area contributed by atoms with Crippen LogP contribution in [-0.4, -0.2) is 41.4 Å². The molecule has 0 saturated carbocycles. The normalized spacial score (nSPS) is 11.9. The summed E-state index contributed by atoms with van der Waals surface area (Å²) in [5.74, 6) is 0.240. The molecule has 0 saturated heterocycles. The SMILES string of the molecule is COc1ccc(CN(CC(=O)NNC(=O)Cc2nc(C)cs2)C(C)Cc2cccs2)cc1. The molecule has 32 heavy (non-hydrogen) atoms. The zero-order valence-electron chi connectivity index (χ0n) is 18.5. The summed E-state index contributed by atoms with van der Waals surface area (Å²) < 4.78 is 5.23. The molecule has 2 amide bonds. The van der Waals surface area contributed by atoms with Gasteiger partial charge in [0.25, 0.3) is 5.91 Å². The summed E-state index contributed by atoms with van der Waals surface area (Å²) >= 11 is 3.14. The van der Waals surface area contributed by atoms with Crippen LogP contribution < -0.4 is 15.6 Å². The lowest BCUT2D eigenvalue weighted by atomic mass is 10.1. The first-order valence-electron chi connectivity index (χ1n) is 10.3. The number of ether oxygens (including phenoxy) is 1. The van der Waals surface area contributed by atoms with E-state index in [1.165, 1.54) is 16.2 Å². The van der Waals surface area contributed by atoms with E-state index in [1.807, 2.05) is 42.6 Å². The monoisotopic (exact) mass is 472 g/mol. The molecular formula is C23H28N4O3S2. The molecule has 0 radical (unpaired) electrons. The van der Waals surface area contributed by atoms with E-state index in [1.54, 1.807) is 18.4 Å². The third kappa shape index (κ3) is 7.44. The van der Waals surface area contributed by atoms with Crippen LogP contribution in [0.3, 0.4) is 0 Å². The third-order valence-electron chi connectivity index (χ3n) is 4.91. The number of benzene rings is 1. The Morgan fingerprint density at radius 2 is 1.88 bits per heavy atom. The molecule has 2 aromatic heterocycles. The molecule has 1 unspecified atom stereocenters. The fourth-order valence-electron chi connectivity index (χ4n) is 3.21. The molecule has 0 aliphatic carbocycles. The lowest BCUT2D eigenvalue weighted by Gasteiger charge is -2.28. The highest BCUT2D eigenvalue weighted by molar-refractivity contribution is 7.10. The van der Waals surface area contributed by atoms with Crippen molar-refractivity contribution in [3.63, 3.8) is 0 Å². The number of thiazole rings is 1. The van der Waals surface area contributed by atoms with Crippen LogP contribution in [0.15, 0.2) is 47.2 Å². The maximum Gasteiger partial charge on any atom is 0.252 e. The van der Waals surface area contributed by atoms with Crippen molar-refractivity contribution in [3.8, 4) is 5.75 Å². The predicted molar refractivity (Wildman–Crippen MR) is 128 cm³/mol. The van der Waals surface area contributed by atoms with Gasteiger partial charge in [-0.3, -0.25) is 25.3 Å². The topological polar surface area (TPSA) is 83.6 Å². The summed E-state index contributed by atoms with van der Waals surface area (Å²) in [7, 11) is 1.64. The lowest BCUT2D eigenvalue weighted by Crippen LogP contribution is -2.48. The Labute approximate surface area is 196 Å². The van der Waals surface area contributed by atoms with Crippen molar-refractivity contribution in [2.24, 2.45) is 0 Å². The molecule has 170 valence electrons. The minimum Gasteiger partial charge on any atom is -0.497 e. The van der Waals surface area contributed by atoms with Gasteiger partial charge in [0.05, 0.1) is 20.1 Å². The quantitative estimate of drug-likeness (QED) is 0.442. The fraction of sp³-hybridized carbons (Fsp3) is 0.348. The Kier molecular flexibility index (Phi) is 8.78. The number of nitrogens with zero attached hydrogens (tertiary/aromatic N) is 2. The van der Waals surface area contributed by atoms with Gasteiger partial charge in [0.15, 0.2) is 0 Å². The van der Waals surface area contributed by atoms with Gasteiger partial charge < -0.3 is 4.74 Å². The fourth-order valence-corrected chi connectivity index (χ4v) is 4.81. The van der Waals surface area contributed by atoms with Gasteiger partial charge in [0.1, 0.15) is 10.8 Å². The van der Waals surface area contributed by atoms with Gasteiger partial charge >= 0.3 is 0 Å². The van der Waals surface area contributed by atoms with Crippen LogP contribution in [0.25, 0.3) is 0 Å². The second kappa shape index (κ2) is 11.8. The van der Waals surface area contributed by atoms with Crippen LogP contribution >= 0.6 is 22.7 Å². The van der Waals surface area contributed by atoms with Gasteiger partial charge in [-0.15, -0.1) is 22.7 Å². The van der Waals surface area contributed by atoms with E-state index in [4.69, 9.17) is 4.74 Å². The van der Waals surface area contributed by atoms with Crippen molar-refractivity contribution < 1.29 is 14.3 Å². The summed E-state index contributed by atoms with van der Waals surface area (Å²) in [6.07, 6.45) is 0.986. The summed E-state index contributed by atoms with van der Waals surface area (Å²) in [5, 5.41) is 4.68. The minimum absolute atomic E-state index is 0.135. The second-order valence-corrected chi connectivity index (χ2v) is 9.52. The number of carbonyl (C=O) groups is 2. The molecular weight excluding hydrogens is 444 g/mol. The number of hydrogen-bond acceptors (Lipinski definition) is 7. The second-order valence-electron chi connectivity index (χ2n) is 7.54. The van der Waals surface area contributed by atoms with Crippen LogP contribution in [0, 0.1) is 6.92 Å². The van der Waals surface area contributed by atoms with Crippen molar-refractivity contribution in [1.82, 2.24) is 20.7 Å². The van der Waals surface area contributed by atoms with Crippen LogP contribution in [0.2, 0.25) is 0 Å². The highest BCUT2D eigenvalue weighted by atomic mass is 32.1. The van der Waals surface area contributed by atoms with Crippen LogP contribution in [0.5, 0.6) is 5.75 Å². The predicted octanol–water partition coefficient (Wildman–Crippen LogP) is 3.34. The molecule has 7 nitrogen and oxygen atoms in total. The number of thiophene rings is 1. The first-order valence-corrected chi connectivity index (χ1v) is 12.1. The van der Waals surface area contributed by atoms with E-state index in [0.717, 1.165) is 28.4 Å². The minimum atomic E-state index is -0.291. The molecule has 3 rings (SSSR count). The average Bonchev–Trinajstić information content (AvgIpc) is 3.44. The first kappa shape index (κ1) is 23.9. The standard InChI is InChI=1S/C23H28N4O3S2/c1-16-15-32-23(24-16)12-21(28)25-26-22(29)14-27(17(2)11-20-5-4-10-31-20)13-18-6-8-19(30-3)9-7-18/h4-10,15,17H,11-14H2,1-3H3,(H,25,28)(H,26,29). The average molecular weight is 473 g/mol. The maximum atomic E-state index is 12.6. The van der Waals surface area contributed by atoms with Gasteiger partial charge in [-0.05, 0) is 49.4 Å². The Bertz CT molecular complexity index is 1000. The van der Waals surface area contributed by atoms with Gasteiger partial charge in [0, 0.05) is 28.5 Å². The zero-order valence-corrected chi connectivity index (χ0v) is 20.1. The van der Waals surface area contributed by atoms with E-state index in [0.29, 0.717) is 6.54 Å². The van der Waals surface area contributed by atoms with Gasteiger partial charge in [0.2, 0.25) is 5.91 Å². The van der Waals surface area contributed by atoms with E-state index in [-0.39, 0.29) is 30.8 Å². The largest absolute Gasteiger partial charge is 0.497 e. The van der Waals surface area contributed by atoms with Gasteiger partial charge in [-0.1, -0.05) is 18.2 Å². The number of hydrogen-bond donors (Lipinski definition) is 2. The molecule has 9 heteroatoms. The van der Waals surface area contributed by atoms with Crippen LogP contribution in [-0.2, 0) is 29.0 Å². The van der Waals surface area contributed by atoms with E-state index >= 15 is 0 Å². The van der Waals surface area contributed by atoms with Crippen molar-refractivity contribution in [1.29, 1.82) is 0 Å². The van der Waals surface area contributed by atoms with Crippen LogP contribution in [0.4, 0.5) is 0 Å². The number of hydrazine groups is 1. The highest BCUT2D eigenvalue weighted by Crippen LogP contribution is 2.18. The Morgan fingerprint density at radius 3 is 2.50 bits per heavy atom. The number of aryl methyl sites for hydroxylation is 1. The van der Waals surface area contributed by atoms with Gasteiger partial charge in [-0.2, -0.15) is 0 Å². The summed E-state index contributed by atoms with van der Waals surface area (Å²) in [5.41, 5.74) is 7.00. The van der Waals surface area contributed by atoms with Crippen molar-refractivity contribution in [3.05, 3.63) is 68.3 Å². The highest BCUT2D eigenvalue weighted by Gasteiger charge is 2.19. The van der Waals surface area contributed by atoms with Crippen molar-refractivity contribution in [2.45, 2.75) is 39.3 Å². The van der Waals surface area contributed by atoms with Crippen LogP contribution in [0.1, 0.15) is 28.1 Å². The molecule has 1 aromatic carbocycles. The molecule has 0 fully saturated rings. The number of rotatable bonds is 10. The van der Waals surface area contributed by atoms with E-state index < -0.39 is 0 Å². The van der Waals surface area contributed by atoms with E-state index in [9.17, 15) is 9.59 Å². The number of amides is 2. The molecule has 2 N–H and O–H groups in total. The molecule has 2 heterocycles. The third-order valence-corrected chi connectivity index (χ3v) is 6.78.